The molecule has 5 heteroatoms. The van der Waals surface area contributed by atoms with Crippen LogP contribution >= 0.6 is 12.2 Å². The van der Waals surface area contributed by atoms with Crippen LogP contribution in [0.1, 0.15) is 0 Å². The van der Waals surface area contributed by atoms with Gasteiger partial charge in [-0.1, -0.05) is 0 Å². The Labute approximate surface area is 72.5 Å². The van der Waals surface area contributed by atoms with E-state index in [0.717, 1.165) is 0 Å². The maximum Gasteiger partial charge on any atom is 0.175 e. The quantitative estimate of drug-likeness (QED) is 0.369. The first kappa shape index (κ1) is 7.17. The molecular formula is C7H6N2O2S. The van der Waals surface area contributed by atoms with Crippen molar-refractivity contribution in [2.45, 2.75) is 0 Å². The molecule has 0 fully saturated rings. The summed E-state index contributed by atoms with van der Waals surface area (Å²) in [4.78, 5) is 5.63. The lowest BCUT2D eigenvalue weighted by atomic mass is 10.3. The largest absolute Gasteiger partial charge is 0.504 e. The molecule has 1 aromatic heterocycles. The maximum absolute atomic E-state index is 9.11. The van der Waals surface area contributed by atoms with Crippen molar-refractivity contribution in [2.24, 2.45) is 0 Å². The van der Waals surface area contributed by atoms with Crippen LogP contribution < -0.4 is 0 Å². The van der Waals surface area contributed by atoms with Crippen molar-refractivity contribution < 1.29 is 10.2 Å². The fourth-order valence-corrected chi connectivity index (χ4v) is 1.28. The fraction of sp³-hybridized carbons (Fsp3) is 0. The molecule has 62 valence electrons. The fourth-order valence-electron chi connectivity index (χ4n) is 1.06. The number of fused-ring (bicyclic) bond motifs is 1. The van der Waals surface area contributed by atoms with Crippen LogP contribution in [-0.2, 0) is 0 Å². The standard InChI is InChI=1S/C7H6N2O2S/c10-5-1-3-4(2-6(5)11)9-7(12)8-3/h1-2,10-11H,(H2,8,9,12). The number of hydrogen-bond acceptors (Lipinski definition) is 3. The Balaban J connectivity index is 2.92. The Morgan fingerprint density at radius 3 is 1.83 bits per heavy atom. The van der Waals surface area contributed by atoms with Gasteiger partial charge >= 0.3 is 0 Å². The molecule has 0 unspecified atom stereocenters. The summed E-state index contributed by atoms with van der Waals surface area (Å²) in [5.74, 6) is -0.319. The Hall–Kier alpha value is -1.49. The molecule has 1 heterocycles. The Bertz CT molecular complexity index is 444. The number of aromatic hydroxyl groups is 2. The van der Waals surface area contributed by atoms with Gasteiger partial charge in [0.15, 0.2) is 16.3 Å². The van der Waals surface area contributed by atoms with Gasteiger partial charge in [-0.05, 0) is 12.2 Å². The van der Waals surface area contributed by atoms with Crippen molar-refractivity contribution in [2.75, 3.05) is 0 Å². The van der Waals surface area contributed by atoms with Crippen LogP contribution in [0, 0.1) is 4.77 Å². The van der Waals surface area contributed by atoms with E-state index in [2.05, 4.69) is 9.97 Å². The molecule has 1 aromatic carbocycles. The number of H-pyrrole nitrogens is 2. The number of hydrogen-bond donors (Lipinski definition) is 4. The number of phenolic OH excluding ortho intramolecular Hbond substituents is 2. The lowest BCUT2D eigenvalue weighted by Crippen LogP contribution is -1.71. The SMILES string of the molecule is Oc1cc2[nH]c(=S)[nH]c2cc1O. The first-order valence-electron chi connectivity index (χ1n) is 3.31. The third kappa shape index (κ3) is 0.947. The molecule has 0 radical (unpaired) electrons. The Kier molecular flexibility index (Phi) is 1.34. The molecule has 4 N–H and O–H groups in total. The highest BCUT2D eigenvalue weighted by molar-refractivity contribution is 7.71. The number of aromatic nitrogens is 2. The Morgan fingerprint density at radius 1 is 1.00 bits per heavy atom. The van der Waals surface area contributed by atoms with Crippen molar-refractivity contribution in [3.05, 3.63) is 16.9 Å². The van der Waals surface area contributed by atoms with Crippen molar-refractivity contribution in [3.63, 3.8) is 0 Å². The molecule has 0 bridgehead atoms. The summed E-state index contributed by atoms with van der Waals surface area (Å²) in [6, 6.07) is 2.83. The van der Waals surface area contributed by atoms with E-state index in [1.54, 1.807) is 0 Å². The summed E-state index contributed by atoms with van der Waals surface area (Å²) in [6.07, 6.45) is 0. The van der Waals surface area contributed by atoms with E-state index in [0.29, 0.717) is 15.8 Å². The monoisotopic (exact) mass is 182 g/mol. The van der Waals surface area contributed by atoms with Crippen molar-refractivity contribution in [1.82, 2.24) is 9.97 Å². The molecule has 0 aliphatic carbocycles. The first-order valence-corrected chi connectivity index (χ1v) is 3.71. The van der Waals surface area contributed by atoms with Gasteiger partial charge in [0, 0.05) is 12.1 Å². The number of imidazole rings is 1. The molecule has 0 saturated carbocycles. The second-order valence-corrected chi connectivity index (χ2v) is 2.87. The molecule has 0 spiro atoms. The zero-order chi connectivity index (χ0) is 8.72. The van der Waals surface area contributed by atoms with Crippen LogP contribution in [-0.4, -0.2) is 20.2 Å². The maximum atomic E-state index is 9.11. The molecule has 4 nitrogen and oxygen atoms in total. The van der Waals surface area contributed by atoms with Gasteiger partial charge in [-0.25, -0.2) is 0 Å². The number of phenols is 2. The molecule has 2 rings (SSSR count). The molecule has 0 aliphatic rings. The summed E-state index contributed by atoms with van der Waals surface area (Å²) in [6.45, 7) is 0. The van der Waals surface area contributed by atoms with E-state index < -0.39 is 0 Å². The second-order valence-electron chi connectivity index (χ2n) is 2.47. The average molecular weight is 182 g/mol. The van der Waals surface area contributed by atoms with Crippen molar-refractivity contribution >= 4 is 23.3 Å². The van der Waals surface area contributed by atoms with E-state index in [-0.39, 0.29) is 11.5 Å². The van der Waals surface area contributed by atoms with Crippen molar-refractivity contribution in [3.8, 4) is 11.5 Å². The lowest BCUT2D eigenvalue weighted by molar-refractivity contribution is 0.405. The predicted octanol–water partition coefficient (Wildman–Crippen LogP) is 1.64. The third-order valence-electron chi connectivity index (χ3n) is 1.61. The molecule has 0 atom stereocenters. The van der Waals surface area contributed by atoms with Crippen LogP contribution in [0.15, 0.2) is 12.1 Å². The first-order chi connectivity index (χ1) is 5.66. The van der Waals surface area contributed by atoms with Crippen molar-refractivity contribution in [1.29, 1.82) is 0 Å². The number of nitrogens with one attached hydrogen (secondary N) is 2. The topological polar surface area (TPSA) is 72.0 Å². The van der Waals surface area contributed by atoms with Gasteiger partial charge in [-0.3, -0.25) is 0 Å². The van der Waals surface area contributed by atoms with Crippen LogP contribution in [0.2, 0.25) is 0 Å². The normalized spacial score (nSPS) is 10.7. The van der Waals surface area contributed by atoms with E-state index in [1.165, 1.54) is 12.1 Å². The highest BCUT2D eigenvalue weighted by Crippen LogP contribution is 2.28. The third-order valence-corrected chi connectivity index (χ3v) is 1.82. The molecule has 0 saturated heterocycles. The van der Waals surface area contributed by atoms with Gasteiger partial charge in [0.05, 0.1) is 11.0 Å². The van der Waals surface area contributed by atoms with Crippen LogP contribution in [0.3, 0.4) is 0 Å². The highest BCUT2D eigenvalue weighted by Gasteiger charge is 2.02. The average Bonchev–Trinajstić information content (AvgIpc) is 2.30. The van der Waals surface area contributed by atoms with Crippen LogP contribution in [0.25, 0.3) is 11.0 Å². The van der Waals surface area contributed by atoms with E-state index in [4.69, 9.17) is 22.4 Å². The molecule has 0 amide bonds. The predicted molar refractivity (Wildman–Crippen MR) is 46.8 cm³/mol. The number of benzene rings is 1. The molecule has 2 aromatic rings. The number of aromatic amines is 2. The molecular weight excluding hydrogens is 176 g/mol. The van der Waals surface area contributed by atoms with E-state index in [1.807, 2.05) is 0 Å². The van der Waals surface area contributed by atoms with Gasteiger partial charge in [0.2, 0.25) is 0 Å². The smallest absolute Gasteiger partial charge is 0.175 e. The number of rotatable bonds is 0. The van der Waals surface area contributed by atoms with Gasteiger partial charge < -0.3 is 20.2 Å². The minimum Gasteiger partial charge on any atom is -0.504 e. The zero-order valence-electron chi connectivity index (χ0n) is 5.96. The second kappa shape index (κ2) is 2.25. The molecule has 0 aliphatic heterocycles. The van der Waals surface area contributed by atoms with Gasteiger partial charge in [0.1, 0.15) is 0 Å². The zero-order valence-corrected chi connectivity index (χ0v) is 6.77. The summed E-state index contributed by atoms with van der Waals surface area (Å²) in [5.41, 5.74) is 1.35. The summed E-state index contributed by atoms with van der Waals surface area (Å²) in [7, 11) is 0. The summed E-state index contributed by atoms with van der Waals surface area (Å²) >= 11 is 4.83. The van der Waals surface area contributed by atoms with Crippen LogP contribution in [0.5, 0.6) is 11.5 Å². The summed E-state index contributed by atoms with van der Waals surface area (Å²) in [5, 5.41) is 18.2. The minimum atomic E-state index is -0.159. The highest BCUT2D eigenvalue weighted by atomic mass is 32.1. The van der Waals surface area contributed by atoms with E-state index >= 15 is 0 Å². The van der Waals surface area contributed by atoms with Crippen LogP contribution in [0.4, 0.5) is 0 Å². The van der Waals surface area contributed by atoms with Gasteiger partial charge in [-0.15, -0.1) is 0 Å². The lowest BCUT2D eigenvalue weighted by Gasteiger charge is -1.95. The van der Waals surface area contributed by atoms with Gasteiger partial charge in [-0.2, -0.15) is 0 Å². The summed E-state index contributed by atoms with van der Waals surface area (Å²) < 4.78 is 0.468. The molecule has 12 heavy (non-hydrogen) atoms. The van der Waals surface area contributed by atoms with Gasteiger partial charge in [0.25, 0.3) is 0 Å². The Morgan fingerprint density at radius 2 is 1.42 bits per heavy atom. The minimum absolute atomic E-state index is 0.159. The van der Waals surface area contributed by atoms with E-state index in [9.17, 15) is 0 Å².